The van der Waals surface area contributed by atoms with Gasteiger partial charge in [0.1, 0.15) is 11.2 Å². The van der Waals surface area contributed by atoms with E-state index in [9.17, 15) is 9.59 Å². The van der Waals surface area contributed by atoms with Crippen LogP contribution in [0.4, 0.5) is 9.59 Å². The molecule has 47 heavy (non-hydrogen) atoms. The summed E-state index contributed by atoms with van der Waals surface area (Å²) in [5, 5.41) is 5.00. The van der Waals surface area contributed by atoms with E-state index < -0.39 is 23.4 Å². The number of halogens is 1. The summed E-state index contributed by atoms with van der Waals surface area (Å²) in [7, 11) is 0. The Bertz CT molecular complexity index is 1670. The summed E-state index contributed by atoms with van der Waals surface area (Å²) >= 11 is 3.45. The van der Waals surface area contributed by atoms with Gasteiger partial charge in [0, 0.05) is 59.6 Å². The number of alkyl carbamates (subject to hydrolysis) is 2. The van der Waals surface area contributed by atoms with Crippen molar-refractivity contribution in [3.8, 4) is 46.4 Å². The maximum absolute atomic E-state index is 11.5. The number of carbonyl (C=O) groups is 2. The SMILES string of the molecule is Brc1cnccc1-c1ccncc1.C#CCNC(=O)OC(C)(C)C.CC(C)(C)OC(=O)NCC#Cc1cnccc1-c1ccncc1. The van der Waals surface area contributed by atoms with Crippen LogP contribution in [0.15, 0.2) is 90.4 Å². The number of terminal acetylenes is 1. The minimum Gasteiger partial charge on any atom is -0.444 e. The highest BCUT2D eigenvalue weighted by molar-refractivity contribution is 9.10. The molecule has 0 unspecified atom stereocenters. The van der Waals surface area contributed by atoms with Crippen LogP contribution < -0.4 is 10.6 Å². The van der Waals surface area contributed by atoms with Crippen LogP contribution >= 0.6 is 15.9 Å². The first-order valence-electron chi connectivity index (χ1n) is 14.5. The molecule has 0 aliphatic carbocycles. The maximum atomic E-state index is 11.5. The summed E-state index contributed by atoms with van der Waals surface area (Å²) in [5.41, 5.74) is 4.10. The number of aromatic nitrogens is 4. The van der Waals surface area contributed by atoms with Crippen LogP contribution in [-0.2, 0) is 9.47 Å². The van der Waals surface area contributed by atoms with Crippen molar-refractivity contribution in [1.82, 2.24) is 30.6 Å². The number of amides is 2. The van der Waals surface area contributed by atoms with Crippen LogP contribution in [0.3, 0.4) is 0 Å². The van der Waals surface area contributed by atoms with Crippen molar-refractivity contribution in [3.63, 3.8) is 0 Å². The van der Waals surface area contributed by atoms with Gasteiger partial charge in [-0.3, -0.25) is 19.9 Å². The van der Waals surface area contributed by atoms with E-state index in [1.807, 2.05) is 57.2 Å². The average Bonchev–Trinajstić information content (AvgIpc) is 3.02. The van der Waals surface area contributed by atoms with Crippen molar-refractivity contribution in [2.24, 2.45) is 0 Å². The first kappa shape index (κ1) is 37.9. The zero-order valence-electron chi connectivity index (χ0n) is 27.4. The topological polar surface area (TPSA) is 128 Å². The Balaban J connectivity index is 0.000000270. The van der Waals surface area contributed by atoms with Crippen LogP contribution in [0.5, 0.6) is 0 Å². The summed E-state index contributed by atoms with van der Waals surface area (Å²) in [5.74, 6) is 8.21. The molecule has 2 amide bonds. The van der Waals surface area contributed by atoms with Crippen molar-refractivity contribution >= 4 is 28.1 Å². The van der Waals surface area contributed by atoms with Crippen LogP contribution in [0.2, 0.25) is 0 Å². The van der Waals surface area contributed by atoms with E-state index in [0.717, 1.165) is 32.3 Å². The number of hydrogen-bond acceptors (Lipinski definition) is 8. The molecule has 244 valence electrons. The van der Waals surface area contributed by atoms with E-state index in [0.29, 0.717) is 0 Å². The second kappa shape index (κ2) is 19.3. The van der Waals surface area contributed by atoms with Gasteiger partial charge in [-0.15, -0.1) is 6.42 Å². The number of ether oxygens (including phenoxy) is 2. The lowest BCUT2D eigenvalue weighted by Crippen LogP contribution is -2.32. The predicted molar refractivity (Wildman–Crippen MR) is 187 cm³/mol. The Morgan fingerprint density at radius 3 is 1.64 bits per heavy atom. The van der Waals surface area contributed by atoms with Gasteiger partial charge < -0.3 is 20.1 Å². The Morgan fingerprint density at radius 2 is 1.15 bits per heavy atom. The first-order chi connectivity index (χ1) is 22.3. The molecule has 0 spiro atoms. The lowest BCUT2D eigenvalue weighted by atomic mass is 10.0. The van der Waals surface area contributed by atoms with E-state index in [2.05, 4.69) is 64.3 Å². The molecule has 0 saturated heterocycles. The molecule has 4 aromatic heterocycles. The van der Waals surface area contributed by atoms with Crippen molar-refractivity contribution in [2.75, 3.05) is 13.1 Å². The molecule has 0 aliphatic rings. The highest BCUT2D eigenvalue weighted by Crippen LogP contribution is 2.26. The number of carbonyl (C=O) groups excluding carboxylic acids is 2. The molecule has 10 nitrogen and oxygen atoms in total. The van der Waals surface area contributed by atoms with Gasteiger partial charge in [0.25, 0.3) is 0 Å². The summed E-state index contributed by atoms with van der Waals surface area (Å²) in [6.07, 6.45) is 18.0. The molecule has 4 rings (SSSR count). The van der Waals surface area contributed by atoms with E-state index in [1.165, 1.54) is 0 Å². The molecule has 4 aromatic rings. The molecule has 0 saturated carbocycles. The Hall–Kier alpha value is -5.26. The van der Waals surface area contributed by atoms with Gasteiger partial charge in [-0.2, -0.15) is 0 Å². The molecule has 0 atom stereocenters. The standard InChI is InChI=1S/C18H19N3O2.C10H7BrN2.C8H13NO2/c1-18(2,3)23-17(22)21-9-4-5-15-13-20-12-8-16(15)14-6-10-19-11-7-14;11-10-7-13-6-3-9(10)8-1-4-12-5-2-8;1-5-6-9-7(10)11-8(2,3)4/h6-8,10-13H,9H2,1-3H3,(H,21,22);1-7H;1H,6H2,2-4H3,(H,9,10). The molecule has 2 N–H and O–H groups in total. The van der Waals surface area contributed by atoms with E-state index in [1.54, 1.807) is 70.3 Å². The second-order valence-electron chi connectivity index (χ2n) is 11.5. The fraction of sp³-hybridized carbons (Fsp3) is 0.278. The summed E-state index contributed by atoms with van der Waals surface area (Å²) in [6, 6.07) is 11.7. The van der Waals surface area contributed by atoms with Crippen LogP contribution in [0.1, 0.15) is 47.1 Å². The summed E-state index contributed by atoms with van der Waals surface area (Å²) in [4.78, 5) is 38.4. The van der Waals surface area contributed by atoms with Crippen LogP contribution in [0, 0.1) is 24.2 Å². The number of hydrogen-bond donors (Lipinski definition) is 2. The molecular weight excluding hydrogens is 660 g/mol. The largest absolute Gasteiger partial charge is 0.444 e. The van der Waals surface area contributed by atoms with E-state index in [4.69, 9.17) is 15.9 Å². The van der Waals surface area contributed by atoms with Gasteiger partial charge in [0.05, 0.1) is 18.7 Å². The Kier molecular flexibility index (Phi) is 15.6. The second-order valence-corrected chi connectivity index (χ2v) is 12.3. The smallest absolute Gasteiger partial charge is 0.408 e. The quantitative estimate of drug-likeness (QED) is 0.217. The van der Waals surface area contributed by atoms with Gasteiger partial charge >= 0.3 is 12.2 Å². The number of nitrogens with one attached hydrogen (secondary N) is 2. The van der Waals surface area contributed by atoms with Gasteiger partial charge in [-0.25, -0.2) is 9.59 Å². The highest BCUT2D eigenvalue weighted by Gasteiger charge is 2.15. The monoisotopic (exact) mass is 698 g/mol. The first-order valence-corrected chi connectivity index (χ1v) is 15.3. The fourth-order valence-corrected chi connectivity index (χ4v) is 3.90. The van der Waals surface area contributed by atoms with Crippen molar-refractivity contribution in [2.45, 2.75) is 52.7 Å². The third kappa shape index (κ3) is 16.0. The van der Waals surface area contributed by atoms with Crippen molar-refractivity contribution < 1.29 is 19.1 Å². The van der Waals surface area contributed by atoms with Crippen LogP contribution in [0.25, 0.3) is 22.3 Å². The van der Waals surface area contributed by atoms with Crippen molar-refractivity contribution in [1.29, 1.82) is 0 Å². The normalized spacial score (nSPS) is 10.2. The van der Waals surface area contributed by atoms with Gasteiger partial charge in [-0.1, -0.05) is 17.8 Å². The number of pyridine rings is 4. The third-order valence-electron chi connectivity index (χ3n) is 5.25. The highest BCUT2D eigenvalue weighted by atomic mass is 79.9. The van der Waals surface area contributed by atoms with Gasteiger partial charge in [0.15, 0.2) is 0 Å². The minimum absolute atomic E-state index is 0.203. The fourth-order valence-electron chi connectivity index (χ4n) is 3.43. The van der Waals surface area contributed by atoms with Crippen molar-refractivity contribution in [3.05, 3.63) is 96.0 Å². The lowest BCUT2D eigenvalue weighted by Gasteiger charge is -2.19. The molecule has 0 bridgehead atoms. The zero-order chi connectivity index (χ0) is 34.7. The summed E-state index contributed by atoms with van der Waals surface area (Å²) < 4.78 is 11.0. The maximum Gasteiger partial charge on any atom is 0.408 e. The molecule has 0 fully saturated rings. The predicted octanol–water partition coefficient (Wildman–Crippen LogP) is 7.07. The summed E-state index contributed by atoms with van der Waals surface area (Å²) in [6.45, 7) is 11.2. The van der Waals surface area contributed by atoms with Gasteiger partial charge in [0.2, 0.25) is 0 Å². The minimum atomic E-state index is -0.518. The molecule has 0 radical (unpaired) electrons. The molecule has 11 heteroatoms. The lowest BCUT2D eigenvalue weighted by molar-refractivity contribution is 0.0523. The molecule has 4 heterocycles. The van der Waals surface area contributed by atoms with Crippen LogP contribution in [-0.4, -0.2) is 56.4 Å². The molecule has 0 aromatic carbocycles. The van der Waals surface area contributed by atoms with Gasteiger partial charge in [-0.05, 0) is 111 Å². The molecule has 0 aliphatic heterocycles. The zero-order valence-corrected chi connectivity index (χ0v) is 29.0. The molecular formula is C36H39BrN6O4. The number of nitrogens with zero attached hydrogens (tertiary/aromatic N) is 4. The Labute approximate surface area is 285 Å². The number of rotatable bonds is 4. The van der Waals surface area contributed by atoms with E-state index >= 15 is 0 Å². The third-order valence-corrected chi connectivity index (χ3v) is 5.88. The average molecular weight is 700 g/mol. The Morgan fingerprint density at radius 1 is 0.702 bits per heavy atom. The van der Waals surface area contributed by atoms with E-state index in [-0.39, 0.29) is 13.1 Å².